The molecular formula is C31H37FN8O5S. The fourth-order valence-electron chi connectivity index (χ4n) is 5.56. The van der Waals surface area contributed by atoms with E-state index >= 15 is 0 Å². The maximum absolute atomic E-state index is 14.7. The van der Waals surface area contributed by atoms with Crippen molar-refractivity contribution in [3.63, 3.8) is 0 Å². The lowest BCUT2D eigenvalue weighted by molar-refractivity contribution is -0.129. The zero-order valence-corrected chi connectivity index (χ0v) is 27.4. The number of rotatable bonds is 12. The number of aromatic nitrogens is 5. The van der Waals surface area contributed by atoms with Gasteiger partial charge in [-0.25, -0.2) is 13.8 Å². The molecule has 4 heterocycles. The number of carbonyl (C=O) groups is 1. The molecule has 5 rings (SSSR count). The lowest BCUT2D eigenvalue weighted by Crippen LogP contribution is -2.56. The maximum Gasteiger partial charge on any atom is 0.333 e. The van der Waals surface area contributed by atoms with E-state index in [-0.39, 0.29) is 30.5 Å². The van der Waals surface area contributed by atoms with Crippen molar-refractivity contribution in [1.82, 2.24) is 34.3 Å². The predicted molar refractivity (Wildman–Crippen MR) is 170 cm³/mol. The van der Waals surface area contributed by atoms with Crippen molar-refractivity contribution in [3.8, 4) is 16.8 Å². The molecule has 15 heteroatoms. The van der Waals surface area contributed by atoms with Gasteiger partial charge >= 0.3 is 5.69 Å². The summed E-state index contributed by atoms with van der Waals surface area (Å²) in [6.45, 7) is 10.2. The SMILES string of the molecule is COc1ccc(F)cc1[C@H](Cn1c(=O)n(C(C)(C)C(=O)NC(C)C)c(=O)c2c(C)c(-n3nccn3)sc21)OCCN1CC(C#N)C1. The minimum atomic E-state index is -1.57. The highest BCUT2D eigenvalue weighted by Gasteiger charge is 2.36. The molecule has 1 N–H and O–H groups in total. The third-order valence-electron chi connectivity index (χ3n) is 8.08. The van der Waals surface area contributed by atoms with Gasteiger partial charge in [0.05, 0.1) is 50.0 Å². The van der Waals surface area contributed by atoms with E-state index in [1.54, 1.807) is 20.8 Å². The average Bonchev–Trinajstić information content (AvgIpc) is 3.63. The first-order valence-corrected chi connectivity index (χ1v) is 15.7. The number of amides is 1. The second-order valence-electron chi connectivity index (χ2n) is 12.1. The molecule has 1 saturated heterocycles. The normalized spacial score (nSPS) is 14.8. The Bertz CT molecular complexity index is 1900. The van der Waals surface area contributed by atoms with Gasteiger partial charge in [-0.05, 0) is 52.8 Å². The molecule has 1 aliphatic heterocycles. The summed E-state index contributed by atoms with van der Waals surface area (Å²) in [4.78, 5) is 45.8. The van der Waals surface area contributed by atoms with Crippen molar-refractivity contribution in [2.45, 2.75) is 58.8 Å². The van der Waals surface area contributed by atoms with Gasteiger partial charge in [-0.3, -0.25) is 19.1 Å². The molecule has 1 aliphatic rings. The molecule has 46 heavy (non-hydrogen) atoms. The van der Waals surface area contributed by atoms with E-state index in [1.807, 2.05) is 0 Å². The first-order chi connectivity index (χ1) is 21.9. The lowest BCUT2D eigenvalue weighted by Gasteiger charge is -2.35. The number of nitrogens with zero attached hydrogens (tertiary/aromatic N) is 7. The Hall–Kier alpha value is -4.39. The number of hydrogen-bond donors (Lipinski definition) is 1. The number of aryl methyl sites for hydroxylation is 1. The van der Waals surface area contributed by atoms with Crippen LogP contribution in [0.5, 0.6) is 5.75 Å². The fourth-order valence-corrected chi connectivity index (χ4v) is 6.78. The number of halogens is 1. The molecule has 1 aromatic carbocycles. The third-order valence-corrected chi connectivity index (χ3v) is 9.36. The van der Waals surface area contributed by atoms with Gasteiger partial charge in [0.25, 0.3) is 5.56 Å². The molecule has 0 aliphatic carbocycles. The second-order valence-corrected chi connectivity index (χ2v) is 13.1. The van der Waals surface area contributed by atoms with E-state index in [0.717, 1.165) is 15.9 Å². The van der Waals surface area contributed by atoms with Gasteiger partial charge in [0.1, 0.15) is 33.0 Å². The van der Waals surface area contributed by atoms with Gasteiger partial charge in [0.2, 0.25) is 5.91 Å². The van der Waals surface area contributed by atoms with Crippen LogP contribution in [0.25, 0.3) is 15.2 Å². The summed E-state index contributed by atoms with van der Waals surface area (Å²) in [5.74, 6) is -0.682. The Morgan fingerprint density at radius 2 is 1.93 bits per heavy atom. The molecule has 1 amide bonds. The summed E-state index contributed by atoms with van der Waals surface area (Å²) in [7, 11) is 1.46. The van der Waals surface area contributed by atoms with Crippen LogP contribution in [0.15, 0.2) is 40.2 Å². The number of hydrogen-bond acceptors (Lipinski definition) is 10. The molecule has 0 bridgehead atoms. The summed E-state index contributed by atoms with van der Waals surface area (Å²) >= 11 is 1.16. The summed E-state index contributed by atoms with van der Waals surface area (Å²) in [5.41, 5.74) is -2.02. The Morgan fingerprint density at radius 1 is 1.24 bits per heavy atom. The van der Waals surface area contributed by atoms with Crippen LogP contribution in [0.3, 0.4) is 0 Å². The molecule has 4 aromatic rings. The van der Waals surface area contributed by atoms with Crippen LogP contribution in [0.1, 0.15) is 44.9 Å². The van der Waals surface area contributed by atoms with Crippen LogP contribution in [0.2, 0.25) is 0 Å². The lowest BCUT2D eigenvalue weighted by atomic mass is 10.0. The molecule has 0 unspecified atom stereocenters. The Kier molecular flexibility index (Phi) is 9.43. The largest absolute Gasteiger partial charge is 0.496 e. The van der Waals surface area contributed by atoms with Gasteiger partial charge < -0.3 is 14.8 Å². The molecule has 1 atom stereocenters. The summed E-state index contributed by atoms with van der Waals surface area (Å²) in [6, 6.07) is 6.07. The standard InChI is InChI=1S/C31H37FN8O5S/c1-18(2)36-29(42)31(4,5)39-26(41)25-19(3)27(40-34-9-10-35-40)46-28(25)38(30(39)43)17-24(22-13-21(32)7-8-23(22)44-6)45-12-11-37-15-20(14-33)16-37/h7-10,13,18,20,24H,11-12,15-17H2,1-6H3,(H,36,42)/t24-/m0/s1. The smallest absolute Gasteiger partial charge is 0.333 e. The molecule has 3 aromatic heterocycles. The van der Waals surface area contributed by atoms with Crippen molar-refractivity contribution in [2.24, 2.45) is 5.92 Å². The number of fused-ring (bicyclic) bond motifs is 1. The molecule has 244 valence electrons. The van der Waals surface area contributed by atoms with E-state index in [1.165, 1.54) is 60.9 Å². The van der Waals surface area contributed by atoms with Gasteiger partial charge in [0.15, 0.2) is 0 Å². The maximum atomic E-state index is 14.7. The van der Waals surface area contributed by atoms with Crippen LogP contribution in [0, 0.1) is 30.0 Å². The number of ether oxygens (including phenoxy) is 2. The van der Waals surface area contributed by atoms with E-state index in [0.29, 0.717) is 46.3 Å². The van der Waals surface area contributed by atoms with E-state index < -0.39 is 34.6 Å². The molecular weight excluding hydrogens is 615 g/mol. The number of thiophene rings is 1. The monoisotopic (exact) mass is 652 g/mol. The zero-order chi connectivity index (χ0) is 33.3. The van der Waals surface area contributed by atoms with Crippen LogP contribution >= 0.6 is 11.3 Å². The zero-order valence-electron chi connectivity index (χ0n) is 26.6. The second kappa shape index (κ2) is 13.1. The van der Waals surface area contributed by atoms with Crippen LogP contribution in [0.4, 0.5) is 4.39 Å². The van der Waals surface area contributed by atoms with Crippen LogP contribution < -0.4 is 21.3 Å². The highest BCUT2D eigenvalue weighted by molar-refractivity contribution is 7.21. The minimum Gasteiger partial charge on any atom is -0.496 e. The van der Waals surface area contributed by atoms with Crippen molar-refractivity contribution < 1.29 is 18.7 Å². The third kappa shape index (κ3) is 6.20. The van der Waals surface area contributed by atoms with Gasteiger partial charge in [-0.2, -0.15) is 15.5 Å². The summed E-state index contributed by atoms with van der Waals surface area (Å²) in [6.07, 6.45) is 2.11. The van der Waals surface area contributed by atoms with E-state index in [2.05, 4.69) is 26.5 Å². The quantitative estimate of drug-likeness (QED) is 0.244. The van der Waals surface area contributed by atoms with Crippen LogP contribution in [-0.4, -0.2) is 74.3 Å². The van der Waals surface area contributed by atoms with Crippen molar-refractivity contribution in [2.75, 3.05) is 33.4 Å². The topological polar surface area (TPSA) is 149 Å². The van der Waals surface area contributed by atoms with E-state index in [4.69, 9.17) is 14.7 Å². The predicted octanol–water partition coefficient (Wildman–Crippen LogP) is 2.73. The Balaban J connectivity index is 1.68. The Labute approximate surface area is 268 Å². The van der Waals surface area contributed by atoms with Gasteiger partial charge in [0, 0.05) is 36.8 Å². The van der Waals surface area contributed by atoms with Crippen molar-refractivity contribution in [3.05, 3.63) is 68.4 Å². The number of nitrogens with one attached hydrogen (secondary N) is 1. The number of benzene rings is 1. The van der Waals surface area contributed by atoms with Gasteiger partial charge in [-0.1, -0.05) is 11.3 Å². The van der Waals surface area contributed by atoms with Crippen molar-refractivity contribution >= 4 is 27.5 Å². The molecule has 1 fully saturated rings. The van der Waals surface area contributed by atoms with Gasteiger partial charge in [-0.15, -0.1) is 4.80 Å². The summed E-state index contributed by atoms with van der Waals surface area (Å²) in [5, 5.41) is 21.2. The molecule has 13 nitrogen and oxygen atoms in total. The highest BCUT2D eigenvalue weighted by atomic mass is 32.1. The van der Waals surface area contributed by atoms with Crippen molar-refractivity contribution in [1.29, 1.82) is 5.26 Å². The number of likely N-dealkylation sites (tertiary alicyclic amines) is 1. The Morgan fingerprint density at radius 3 is 2.57 bits per heavy atom. The van der Waals surface area contributed by atoms with E-state index in [9.17, 15) is 18.8 Å². The highest BCUT2D eigenvalue weighted by Crippen LogP contribution is 2.34. The minimum absolute atomic E-state index is 0.0242. The number of methoxy groups -OCH3 is 1. The molecule has 0 radical (unpaired) electrons. The first-order valence-electron chi connectivity index (χ1n) is 14.9. The summed E-state index contributed by atoms with van der Waals surface area (Å²) < 4.78 is 28.9. The average molecular weight is 653 g/mol. The molecule has 0 spiro atoms. The number of nitriles is 1. The number of carbonyl (C=O) groups excluding carboxylic acids is 1. The fraction of sp³-hybridized carbons (Fsp3) is 0.484. The first kappa shape index (κ1) is 33.0. The molecule has 0 saturated carbocycles. The van der Waals surface area contributed by atoms with Crippen LogP contribution in [-0.2, 0) is 21.6 Å².